The number of nitrogens with one attached hydrogen (secondary N) is 2. The number of guanidine groups is 1. The van der Waals surface area contributed by atoms with Gasteiger partial charge in [0, 0.05) is 20.3 Å². The fourth-order valence-corrected chi connectivity index (χ4v) is 3.16. The molecule has 2 heterocycles. The molecule has 0 radical (unpaired) electrons. The summed E-state index contributed by atoms with van der Waals surface area (Å²) in [6.07, 6.45) is 0. The molecule has 1 atom stereocenters. The zero-order valence-corrected chi connectivity index (χ0v) is 12.3. The summed E-state index contributed by atoms with van der Waals surface area (Å²) in [7, 11) is 0. The Hall–Kier alpha value is -0.880. The smallest absolute Gasteiger partial charge is 0.257 e. The molecule has 1 aromatic rings. The van der Waals surface area contributed by atoms with E-state index in [0.29, 0.717) is 5.96 Å². The van der Waals surface area contributed by atoms with E-state index in [2.05, 4.69) is 31.6 Å². The molecule has 2 rings (SSSR count). The first kappa shape index (κ1) is 12.6. The van der Waals surface area contributed by atoms with Crippen LogP contribution in [0.2, 0.25) is 0 Å². The molecule has 1 unspecified atom stereocenters. The molecule has 0 saturated carbocycles. The summed E-state index contributed by atoms with van der Waals surface area (Å²) in [5.74, 6) is 0.499. The molecule has 0 aromatic carbocycles. The lowest BCUT2D eigenvalue weighted by Crippen LogP contribution is -2.40. The lowest BCUT2D eigenvalue weighted by molar-refractivity contribution is -0.120. The number of hydrogen-bond donors (Lipinski definition) is 2. The van der Waals surface area contributed by atoms with E-state index in [1.807, 2.05) is 26.8 Å². The first-order valence-electron chi connectivity index (χ1n) is 5.38. The minimum Gasteiger partial charge on any atom is -0.354 e. The van der Waals surface area contributed by atoms with E-state index in [1.54, 1.807) is 11.3 Å². The molecular formula is C11H14BrN3OS. The Bertz CT molecular complexity index is 462. The van der Waals surface area contributed by atoms with Crippen LogP contribution >= 0.6 is 27.3 Å². The van der Waals surface area contributed by atoms with Crippen molar-refractivity contribution in [1.29, 1.82) is 0 Å². The standard InChI is InChI=1S/C11H14BrN3OS/c1-5(2)13-11-14-9(10(16)15-11)8-4-7(12)6(3)17-8/h4-5,9H,1-3H3,(H2,13,14,15,16). The third-order valence-electron chi connectivity index (χ3n) is 2.32. The van der Waals surface area contributed by atoms with Gasteiger partial charge in [0.05, 0.1) is 0 Å². The Morgan fingerprint density at radius 1 is 1.59 bits per heavy atom. The number of carbonyl (C=O) groups excluding carboxylic acids is 1. The molecule has 17 heavy (non-hydrogen) atoms. The molecule has 1 amide bonds. The van der Waals surface area contributed by atoms with E-state index >= 15 is 0 Å². The summed E-state index contributed by atoms with van der Waals surface area (Å²) >= 11 is 5.05. The molecule has 1 aliphatic heterocycles. The van der Waals surface area contributed by atoms with E-state index in [1.165, 1.54) is 0 Å². The molecular weight excluding hydrogens is 302 g/mol. The van der Waals surface area contributed by atoms with E-state index in [4.69, 9.17) is 0 Å². The van der Waals surface area contributed by atoms with Gasteiger partial charge in [-0.05, 0) is 42.8 Å². The third kappa shape index (κ3) is 2.69. The first-order valence-corrected chi connectivity index (χ1v) is 6.99. The van der Waals surface area contributed by atoms with E-state index in [-0.39, 0.29) is 11.9 Å². The predicted molar refractivity (Wildman–Crippen MR) is 73.3 cm³/mol. The zero-order valence-electron chi connectivity index (χ0n) is 9.87. The molecule has 4 nitrogen and oxygen atoms in total. The molecule has 0 aliphatic carbocycles. The van der Waals surface area contributed by atoms with Crippen LogP contribution in [0.4, 0.5) is 0 Å². The van der Waals surface area contributed by atoms with Gasteiger partial charge in [0.15, 0.2) is 12.0 Å². The Morgan fingerprint density at radius 2 is 2.29 bits per heavy atom. The van der Waals surface area contributed by atoms with Gasteiger partial charge in [-0.25, -0.2) is 4.99 Å². The minimum atomic E-state index is -0.411. The second-order valence-corrected chi connectivity index (χ2v) is 6.36. The van der Waals surface area contributed by atoms with Crippen molar-refractivity contribution in [2.24, 2.45) is 4.99 Å². The molecule has 2 N–H and O–H groups in total. The van der Waals surface area contributed by atoms with Crippen molar-refractivity contribution >= 4 is 39.1 Å². The number of rotatable bonds is 2. The molecule has 1 aliphatic rings. The maximum Gasteiger partial charge on any atom is 0.257 e. The number of halogens is 1. The molecule has 0 saturated heterocycles. The number of thiophene rings is 1. The molecule has 1 aromatic heterocycles. The molecule has 6 heteroatoms. The number of aryl methyl sites for hydroxylation is 1. The van der Waals surface area contributed by atoms with Crippen LogP contribution in [0.1, 0.15) is 29.6 Å². The highest BCUT2D eigenvalue weighted by atomic mass is 79.9. The fraction of sp³-hybridized carbons (Fsp3) is 0.455. The van der Waals surface area contributed by atoms with Crippen molar-refractivity contribution in [3.8, 4) is 0 Å². The lowest BCUT2D eigenvalue weighted by atomic mass is 10.2. The van der Waals surface area contributed by atoms with Gasteiger partial charge >= 0.3 is 0 Å². The second kappa shape index (κ2) is 4.78. The minimum absolute atomic E-state index is 0.0677. The van der Waals surface area contributed by atoms with Crippen LogP contribution in [-0.2, 0) is 4.79 Å². The first-order chi connectivity index (χ1) is 7.97. The van der Waals surface area contributed by atoms with Crippen LogP contribution in [0.5, 0.6) is 0 Å². The highest BCUT2D eigenvalue weighted by Gasteiger charge is 2.29. The molecule has 92 valence electrons. The summed E-state index contributed by atoms with van der Waals surface area (Å²) in [5, 5.41) is 5.86. The van der Waals surface area contributed by atoms with Crippen molar-refractivity contribution in [3.63, 3.8) is 0 Å². The van der Waals surface area contributed by atoms with Gasteiger partial charge in [-0.3, -0.25) is 10.1 Å². The van der Waals surface area contributed by atoms with Gasteiger partial charge in [0.1, 0.15) is 0 Å². The van der Waals surface area contributed by atoms with E-state index in [9.17, 15) is 4.79 Å². The second-order valence-electron chi connectivity index (χ2n) is 4.22. The highest BCUT2D eigenvalue weighted by Crippen LogP contribution is 2.33. The van der Waals surface area contributed by atoms with Gasteiger partial charge in [-0.2, -0.15) is 0 Å². The average molecular weight is 316 g/mol. The maximum absolute atomic E-state index is 11.8. The van der Waals surface area contributed by atoms with Crippen molar-refractivity contribution in [2.75, 3.05) is 0 Å². The van der Waals surface area contributed by atoms with Crippen molar-refractivity contribution in [3.05, 3.63) is 20.3 Å². The Kier molecular flexibility index (Phi) is 3.53. The van der Waals surface area contributed by atoms with Crippen LogP contribution < -0.4 is 10.6 Å². The number of nitrogens with zero attached hydrogens (tertiary/aromatic N) is 1. The van der Waals surface area contributed by atoms with Crippen LogP contribution in [0, 0.1) is 6.92 Å². The summed E-state index contributed by atoms with van der Waals surface area (Å²) in [5.41, 5.74) is 0. The number of carbonyl (C=O) groups is 1. The topological polar surface area (TPSA) is 53.5 Å². The summed E-state index contributed by atoms with van der Waals surface area (Å²) in [6, 6.07) is 1.81. The molecule has 0 spiro atoms. The normalized spacial score (nSPS) is 19.5. The van der Waals surface area contributed by atoms with Crippen molar-refractivity contribution < 1.29 is 4.79 Å². The number of aliphatic imine (C=N–C) groups is 1. The fourth-order valence-electron chi connectivity index (χ4n) is 1.56. The van der Waals surface area contributed by atoms with E-state index in [0.717, 1.165) is 14.2 Å². The van der Waals surface area contributed by atoms with Crippen LogP contribution in [0.3, 0.4) is 0 Å². The number of hydrogen-bond acceptors (Lipinski definition) is 4. The van der Waals surface area contributed by atoms with Gasteiger partial charge in [0.25, 0.3) is 5.91 Å². The van der Waals surface area contributed by atoms with Crippen molar-refractivity contribution in [1.82, 2.24) is 10.6 Å². The number of amides is 1. The monoisotopic (exact) mass is 315 g/mol. The average Bonchev–Trinajstić information content (AvgIpc) is 2.71. The molecule has 0 bridgehead atoms. The quantitative estimate of drug-likeness (QED) is 0.880. The maximum atomic E-state index is 11.8. The summed E-state index contributed by atoms with van der Waals surface area (Å²) in [4.78, 5) is 18.3. The highest BCUT2D eigenvalue weighted by molar-refractivity contribution is 9.10. The summed E-state index contributed by atoms with van der Waals surface area (Å²) < 4.78 is 1.03. The van der Waals surface area contributed by atoms with Gasteiger partial charge in [0.2, 0.25) is 0 Å². The van der Waals surface area contributed by atoms with Crippen molar-refractivity contribution in [2.45, 2.75) is 32.9 Å². The third-order valence-corrected chi connectivity index (χ3v) is 4.51. The lowest BCUT2D eigenvalue weighted by Gasteiger charge is -2.07. The Labute approximate surface area is 113 Å². The van der Waals surface area contributed by atoms with Gasteiger partial charge in [-0.15, -0.1) is 11.3 Å². The Balaban J connectivity index is 2.21. The van der Waals surface area contributed by atoms with Gasteiger partial charge < -0.3 is 5.32 Å². The van der Waals surface area contributed by atoms with Crippen LogP contribution in [0.25, 0.3) is 0 Å². The zero-order chi connectivity index (χ0) is 12.6. The summed E-state index contributed by atoms with van der Waals surface area (Å²) in [6.45, 7) is 6.03. The SMILES string of the molecule is Cc1sc(C2N=C(NC(C)C)NC2=O)cc1Br. The predicted octanol–water partition coefficient (Wildman–Crippen LogP) is 2.34. The largest absolute Gasteiger partial charge is 0.354 e. The Morgan fingerprint density at radius 3 is 2.82 bits per heavy atom. The van der Waals surface area contributed by atoms with Crippen LogP contribution in [-0.4, -0.2) is 17.9 Å². The van der Waals surface area contributed by atoms with Crippen LogP contribution in [0.15, 0.2) is 15.5 Å². The molecule has 0 fully saturated rings. The van der Waals surface area contributed by atoms with Gasteiger partial charge in [-0.1, -0.05) is 0 Å². The van der Waals surface area contributed by atoms with E-state index < -0.39 is 6.04 Å².